The normalized spacial score (nSPS) is 32.6. The number of nitrogens with zero attached hydrogens (tertiary/aromatic N) is 2. The van der Waals surface area contributed by atoms with Crippen molar-refractivity contribution >= 4 is 24.1 Å². The van der Waals surface area contributed by atoms with Crippen molar-refractivity contribution in [3.8, 4) is 0 Å². The molecule has 0 radical (unpaired) electrons. The molecule has 11 heteroatoms. The molecule has 8 N–H and O–H groups in total. The Bertz CT molecular complexity index is 623. The Hall–Kier alpha value is -1.43. The number of halogens is 1. The first-order valence-electron chi connectivity index (χ1n) is 7.99. The smallest absolute Gasteiger partial charge is 0.287 e. The van der Waals surface area contributed by atoms with Crippen LogP contribution in [0.25, 0.3) is 0 Å². The first-order chi connectivity index (χ1) is 11.4. The lowest BCUT2D eigenvalue weighted by Gasteiger charge is -2.29. The van der Waals surface area contributed by atoms with E-state index < -0.39 is 30.1 Å². The molecule has 0 bridgehead atoms. The van der Waals surface area contributed by atoms with Crippen molar-refractivity contribution in [3.05, 3.63) is 12.0 Å². The van der Waals surface area contributed by atoms with E-state index in [9.17, 15) is 20.1 Å². The summed E-state index contributed by atoms with van der Waals surface area (Å²) >= 11 is 0. The van der Waals surface area contributed by atoms with Crippen LogP contribution in [-0.4, -0.2) is 61.7 Å². The van der Waals surface area contributed by atoms with Gasteiger partial charge >= 0.3 is 0 Å². The minimum atomic E-state index is -2.42. The topological polar surface area (TPSA) is 169 Å². The number of anilines is 1. The molecule has 2 aliphatic rings. The highest BCUT2D eigenvalue weighted by Gasteiger charge is 2.56. The molecule has 1 aliphatic carbocycles. The van der Waals surface area contributed by atoms with Crippen LogP contribution in [0.2, 0.25) is 0 Å². The van der Waals surface area contributed by atoms with Gasteiger partial charge in [0, 0.05) is 12.6 Å². The Labute approximate surface area is 150 Å². The minimum absolute atomic E-state index is 0. The van der Waals surface area contributed by atoms with Crippen LogP contribution >= 0.6 is 12.4 Å². The largest absolute Gasteiger partial charge is 0.387 e. The van der Waals surface area contributed by atoms with Crippen LogP contribution in [0.15, 0.2) is 6.20 Å². The standard InChI is InChI=1S/C14H23N5O5.ClH/c15-5-8-10(20)11(21)14(23,24-8)19-9(16)6-17-12(19)13(22)18-7-3-1-2-4-7;/h6-8,10-11,20-21,23H,1-5,15-16H2,(H,18,22);1H/t8-,10-,11-,14-;/m1./s1. The second-order valence-corrected chi connectivity index (χ2v) is 6.28. The van der Waals surface area contributed by atoms with Gasteiger partial charge < -0.3 is 36.8 Å². The fourth-order valence-electron chi connectivity index (χ4n) is 3.34. The van der Waals surface area contributed by atoms with Crippen LogP contribution < -0.4 is 16.8 Å². The lowest BCUT2D eigenvalue weighted by atomic mass is 10.1. The van der Waals surface area contributed by atoms with Crippen molar-refractivity contribution in [2.45, 2.75) is 55.9 Å². The molecular formula is C14H24ClN5O5. The number of nitrogen functional groups attached to an aromatic ring is 1. The summed E-state index contributed by atoms with van der Waals surface area (Å²) in [5.41, 5.74) is 11.3. The summed E-state index contributed by atoms with van der Waals surface area (Å²) in [7, 11) is 0. The Morgan fingerprint density at radius 3 is 2.64 bits per heavy atom. The Morgan fingerprint density at radius 1 is 1.44 bits per heavy atom. The zero-order valence-electron chi connectivity index (χ0n) is 13.5. The van der Waals surface area contributed by atoms with Crippen LogP contribution in [0.4, 0.5) is 5.82 Å². The molecule has 0 aromatic carbocycles. The van der Waals surface area contributed by atoms with E-state index >= 15 is 0 Å². The van der Waals surface area contributed by atoms with E-state index in [1.54, 1.807) is 0 Å². The first-order valence-corrected chi connectivity index (χ1v) is 7.99. The maximum absolute atomic E-state index is 12.5. The number of carbonyl (C=O) groups is 1. The second-order valence-electron chi connectivity index (χ2n) is 6.28. The number of carbonyl (C=O) groups excluding carboxylic acids is 1. The van der Waals surface area contributed by atoms with E-state index in [4.69, 9.17) is 16.2 Å². The first kappa shape index (κ1) is 19.9. The fraction of sp³-hybridized carbons (Fsp3) is 0.714. The predicted octanol–water partition coefficient (Wildman–Crippen LogP) is -1.76. The van der Waals surface area contributed by atoms with E-state index in [1.165, 1.54) is 6.20 Å². The number of hydrogen-bond donors (Lipinski definition) is 6. The van der Waals surface area contributed by atoms with Crippen molar-refractivity contribution in [1.29, 1.82) is 0 Å². The van der Waals surface area contributed by atoms with Crippen molar-refractivity contribution in [2.75, 3.05) is 12.3 Å². The quantitative estimate of drug-likeness (QED) is 0.358. The van der Waals surface area contributed by atoms with E-state index in [2.05, 4.69) is 10.3 Å². The zero-order chi connectivity index (χ0) is 17.5. The molecule has 1 aromatic heterocycles. The van der Waals surface area contributed by atoms with Crippen molar-refractivity contribution in [3.63, 3.8) is 0 Å². The maximum atomic E-state index is 12.5. The van der Waals surface area contributed by atoms with Gasteiger partial charge in [0.2, 0.25) is 5.82 Å². The van der Waals surface area contributed by atoms with Crippen molar-refractivity contribution < 1.29 is 24.9 Å². The van der Waals surface area contributed by atoms with Gasteiger partial charge in [-0.2, -0.15) is 0 Å². The third-order valence-corrected chi connectivity index (χ3v) is 4.65. The average molecular weight is 378 g/mol. The molecule has 0 spiro atoms. The summed E-state index contributed by atoms with van der Waals surface area (Å²) in [6.07, 6.45) is 0.846. The van der Waals surface area contributed by atoms with Gasteiger partial charge in [0.1, 0.15) is 18.0 Å². The number of rotatable bonds is 4. The van der Waals surface area contributed by atoms with Crippen LogP contribution in [-0.2, 0) is 10.6 Å². The Balaban J connectivity index is 0.00000225. The summed E-state index contributed by atoms with van der Waals surface area (Å²) in [5.74, 6) is -3.25. The number of amides is 1. The van der Waals surface area contributed by atoms with E-state index in [1.807, 2.05) is 0 Å². The second kappa shape index (κ2) is 7.44. The summed E-state index contributed by atoms with van der Waals surface area (Å²) in [6.45, 7) is -0.126. The monoisotopic (exact) mass is 377 g/mol. The summed E-state index contributed by atoms with van der Waals surface area (Å²) in [6, 6.07) is 0.0373. The average Bonchev–Trinajstić information content (AvgIpc) is 3.24. The lowest BCUT2D eigenvalue weighted by molar-refractivity contribution is -0.285. The van der Waals surface area contributed by atoms with E-state index in [0.29, 0.717) is 0 Å². The van der Waals surface area contributed by atoms with Gasteiger partial charge in [0.25, 0.3) is 11.8 Å². The fourth-order valence-corrected chi connectivity index (χ4v) is 3.34. The molecule has 1 aliphatic heterocycles. The molecule has 1 amide bonds. The van der Waals surface area contributed by atoms with Gasteiger partial charge in [0.15, 0.2) is 6.10 Å². The van der Waals surface area contributed by atoms with Crippen LogP contribution in [0.5, 0.6) is 0 Å². The van der Waals surface area contributed by atoms with Gasteiger partial charge in [-0.3, -0.25) is 9.36 Å². The molecule has 142 valence electrons. The number of aromatic nitrogens is 2. The molecular weight excluding hydrogens is 354 g/mol. The zero-order valence-corrected chi connectivity index (χ0v) is 14.4. The molecule has 25 heavy (non-hydrogen) atoms. The number of imidazole rings is 1. The Kier molecular flexibility index (Phi) is 5.92. The molecule has 10 nitrogen and oxygen atoms in total. The molecule has 2 heterocycles. The lowest BCUT2D eigenvalue weighted by Crippen LogP contribution is -2.48. The summed E-state index contributed by atoms with van der Waals surface area (Å²) in [5, 5.41) is 33.7. The SMILES string of the molecule is Cl.NC[C@H]1O[C@@](O)(n2c(N)cnc2C(=O)NC2CCCC2)[C@H](O)[C@@H]1O. The summed E-state index contributed by atoms with van der Waals surface area (Å²) < 4.78 is 6.19. The summed E-state index contributed by atoms with van der Waals surface area (Å²) in [4.78, 5) is 16.4. The molecule has 0 unspecified atom stereocenters. The van der Waals surface area contributed by atoms with Crippen molar-refractivity contribution in [1.82, 2.24) is 14.9 Å². The number of nitrogens with two attached hydrogens (primary N) is 2. The van der Waals surface area contributed by atoms with Gasteiger partial charge in [-0.15, -0.1) is 12.4 Å². The number of nitrogens with one attached hydrogen (secondary N) is 1. The van der Waals surface area contributed by atoms with Crippen molar-refractivity contribution in [2.24, 2.45) is 5.73 Å². The molecule has 1 saturated carbocycles. The van der Waals surface area contributed by atoms with Gasteiger partial charge in [-0.25, -0.2) is 4.98 Å². The van der Waals surface area contributed by atoms with Crippen LogP contribution in [0, 0.1) is 0 Å². The van der Waals surface area contributed by atoms with Gasteiger partial charge in [-0.1, -0.05) is 12.8 Å². The van der Waals surface area contributed by atoms with E-state index in [0.717, 1.165) is 30.3 Å². The highest BCUT2D eigenvalue weighted by molar-refractivity contribution is 5.91. The maximum Gasteiger partial charge on any atom is 0.287 e. The van der Waals surface area contributed by atoms with E-state index in [-0.39, 0.29) is 36.6 Å². The number of aliphatic hydroxyl groups is 3. The van der Waals surface area contributed by atoms with Gasteiger partial charge in [-0.05, 0) is 12.8 Å². The van der Waals surface area contributed by atoms with Gasteiger partial charge in [0.05, 0.1) is 6.20 Å². The molecule has 3 rings (SSSR count). The number of aliphatic hydroxyl groups excluding tert-OH is 2. The number of hydrogen-bond acceptors (Lipinski definition) is 8. The third kappa shape index (κ3) is 3.33. The molecule has 2 fully saturated rings. The molecule has 4 atom stereocenters. The molecule has 1 saturated heterocycles. The minimum Gasteiger partial charge on any atom is -0.387 e. The van der Waals surface area contributed by atoms with Crippen LogP contribution in [0.1, 0.15) is 36.3 Å². The van der Waals surface area contributed by atoms with Crippen LogP contribution in [0.3, 0.4) is 0 Å². The Morgan fingerprint density at radius 2 is 2.08 bits per heavy atom. The molecule has 1 aromatic rings. The third-order valence-electron chi connectivity index (χ3n) is 4.65. The highest BCUT2D eigenvalue weighted by atomic mass is 35.5. The number of ether oxygens (including phenoxy) is 1. The predicted molar refractivity (Wildman–Crippen MR) is 89.7 cm³/mol. The highest BCUT2D eigenvalue weighted by Crippen LogP contribution is 2.36.